The molecule has 0 unspecified atom stereocenters. The van der Waals surface area contributed by atoms with Crippen LogP contribution in [0.25, 0.3) is 22.0 Å². The van der Waals surface area contributed by atoms with Gasteiger partial charge in [-0.15, -0.1) is 0 Å². The van der Waals surface area contributed by atoms with Gasteiger partial charge in [0.2, 0.25) is 5.91 Å². The van der Waals surface area contributed by atoms with E-state index in [1.54, 1.807) is 18.3 Å². The number of rotatable bonds is 5. The van der Waals surface area contributed by atoms with Crippen LogP contribution in [0.2, 0.25) is 0 Å². The number of carbonyl (C=O) groups is 3. The van der Waals surface area contributed by atoms with Gasteiger partial charge >= 0.3 is 0 Å². The van der Waals surface area contributed by atoms with Crippen LogP contribution in [-0.4, -0.2) is 45.9 Å². The van der Waals surface area contributed by atoms with E-state index < -0.39 is 30.7 Å². The summed E-state index contributed by atoms with van der Waals surface area (Å²) in [7, 11) is 0. The van der Waals surface area contributed by atoms with E-state index in [0.29, 0.717) is 29.3 Å². The second-order valence-corrected chi connectivity index (χ2v) is 9.75. The maximum atomic E-state index is 13.7. The summed E-state index contributed by atoms with van der Waals surface area (Å²) < 4.78 is 27.3. The van der Waals surface area contributed by atoms with Gasteiger partial charge in [-0.25, -0.2) is 8.78 Å². The Morgan fingerprint density at radius 2 is 1.84 bits per heavy atom. The number of aromatic nitrogens is 1. The Morgan fingerprint density at radius 3 is 2.65 bits per heavy atom. The number of aryl methyl sites for hydroxylation is 1. The molecule has 2 heterocycles. The van der Waals surface area contributed by atoms with Gasteiger partial charge in [0.1, 0.15) is 11.8 Å². The van der Waals surface area contributed by atoms with Crippen LogP contribution in [0, 0.1) is 11.3 Å². The highest BCUT2D eigenvalue weighted by atomic mass is 19.3. The SMILES string of the molecule is N#C[C@@H]1CC(F)(F)CCN1C(=O)CCC(=O)c1ccnc2ccc(-c3ccc4c(c3)CCC(=O)C4)cc12. The zero-order chi connectivity index (χ0) is 26.2. The first-order valence-corrected chi connectivity index (χ1v) is 12.4. The Balaban J connectivity index is 1.35. The lowest BCUT2D eigenvalue weighted by Crippen LogP contribution is -2.49. The Hall–Kier alpha value is -3.99. The molecular weight excluding hydrogens is 476 g/mol. The summed E-state index contributed by atoms with van der Waals surface area (Å²) in [5.74, 6) is -3.43. The number of piperidine rings is 1. The fourth-order valence-electron chi connectivity index (χ4n) is 5.20. The van der Waals surface area contributed by atoms with Gasteiger partial charge in [-0.1, -0.05) is 24.3 Å². The summed E-state index contributed by atoms with van der Waals surface area (Å²) in [4.78, 5) is 43.2. The van der Waals surface area contributed by atoms with Crippen molar-refractivity contribution in [3.8, 4) is 17.2 Å². The lowest BCUT2D eigenvalue weighted by Gasteiger charge is -2.35. The summed E-state index contributed by atoms with van der Waals surface area (Å²) in [6.45, 7) is -0.200. The molecule has 1 aliphatic heterocycles. The third-order valence-electron chi connectivity index (χ3n) is 7.26. The van der Waals surface area contributed by atoms with Crippen LogP contribution in [0.4, 0.5) is 8.78 Å². The average Bonchev–Trinajstić information content (AvgIpc) is 2.90. The highest BCUT2D eigenvalue weighted by molar-refractivity contribution is 6.08. The molecule has 1 aliphatic carbocycles. The molecule has 1 fully saturated rings. The number of carbonyl (C=O) groups excluding carboxylic acids is 3. The number of fused-ring (bicyclic) bond motifs is 2. The number of Topliss-reactive ketones (excluding diaryl/α,β-unsaturated/α-hetero) is 2. The van der Waals surface area contributed by atoms with E-state index in [1.165, 1.54) is 0 Å². The zero-order valence-electron chi connectivity index (χ0n) is 20.2. The largest absolute Gasteiger partial charge is 0.326 e. The van der Waals surface area contributed by atoms with E-state index in [1.807, 2.05) is 30.3 Å². The van der Waals surface area contributed by atoms with Crippen LogP contribution in [-0.2, 0) is 22.4 Å². The van der Waals surface area contributed by atoms with E-state index in [0.717, 1.165) is 33.6 Å². The maximum absolute atomic E-state index is 13.7. The van der Waals surface area contributed by atoms with Gasteiger partial charge in [0, 0.05) is 62.2 Å². The van der Waals surface area contributed by atoms with Crippen LogP contribution < -0.4 is 0 Å². The lowest BCUT2D eigenvalue weighted by molar-refractivity contribution is -0.140. The molecule has 0 N–H and O–H groups in total. The fraction of sp³-hybridized carbons (Fsp3) is 0.345. The van der Waals surface area contributed by atoms with Gasteiger partial charge in [-0.05, 0) is 46.9 Å². The van der Waals surface area contributed by atoms with Crippen molar-refractivity contribution in [1.29, 1.82) is 5.26 Å². The minimum Gasteiger partial charge on any atom is -0.326 e. The zero-order valence-corrected chi connectivity index (χ0v) is 20.2. The molecule has 6 nitrogen and oxygen atoms in total. The van der Waals surface area contributed by atoms with Crippen molar-refractivity contribution in [2.45, 2.75) is 56.9 Å². The maximum Gasteiger partial charge on any atom is 0.252 e. The van der Waals surface area contributed by atoms with Crippen LogP contribution in [0.3, 0.4) is 0 Å². The molecule has 2 aliphatic rings. The molecule has 0 saturated carbocycles. The number of pyridine rings is 1. The van der Waals surface area contributed by atoms with Crippen LogP contribution in [0.5, 0.6) is 0 Å². The summed E-state index contributed by atoms with van der Waals surface area (Å²) in [5.41, 5.74) is 5.19. The molecule has 0 spiro atoms. The molecule has 1 aromatic heterocycles. The minimum atomic E-state index is -2.96. The third-order valence-corrected chi connectivity index (χ3v) is 7.26. The predicted molar refractivity (Wildman–Crippen MR) is 133 cm³/mol. The van der Waals surface area contributed by atoms with E-state index in [4.69, 9.17) is 0 Å². The second kappa shape index (κ2) is 9.81. The lowest BCUT2D eigenvalue weighted by atomic mass is 9.88. The third kappa shape index (κ3) is 5.12. The van der Waals surface area contributed by atoms with Gasteiger partial charge in [-0.3, -0.25) is 19.4 Å². The number of benzene rings is 2. The summed E-state index contributed by atoms with van der Waals surface area (Å²) in [5, 5.41) is 9.91. The Bertz CT molecular complexity index is 1460. The number of nitriles is 1. The molecule has 1 atom stereocenters. The quantitative estimate of drug-likeness (QED) is 0.455. The van der Waals surface area contributed by atoms with Gasteiger partial charge in [0.15, 0.2) is 5.78 Å². The van der Waals surface area contributed by atoms with Gasteiger partial charge in [0.05, 0.1) is 11.6 Å². The molecule has 1 saturated heterocycles. The highest BCUT2D eigenvalue weighted by Crippen LogP contribution is 2.33. The van der Waals surface area contributed by atoms with Crippen molar-refractivity contribution < 1.29 is 23.2 Å². The highest BCUT2D eigenvalue weighted by Gasteiger charge is 2.42. The average molecular weight is 502 g/mol. The molecule has 37 heavy (non-hydrogen) atoms. The number of ketones is 2. The molecule has 0 radical (unpaired) electrons. The van der Waals surface area contributed by atoms with Crippen LogP contribution >= 0.6 is 0 Å². The number of nitrogens with zero attached hydrogens (tertiary/aromatic N) is 3. The number of hydrogen-bond acceptors (Lipinski definition) is 5. The molecular formula is C29H25F2N3O3. The normalized spacial score (nSPS) is 18.8. The minimum absolute atomic E-state index is 0.0971. The predicted octanol–water partition coefficient (Wildman–Crippen LogP) is 5.07. The van der Waals surface area contributed by atoms with Crippen molar-refractivity contribution in [3.05, 3.63) is 65.4 Å². The Labute approximate surface area is 212 Å². The fourth-order valence-corrected chi connectivity index (χ4v) is 5.20. The van der Waals surface area contributed by atoms with E-state index >= 15 is 0 Å². The molecule has 1 amide bonds. The smallest absolute Gasteiger partial charge is 0.252 e. The second-order valence-electron chi connectivity index (χ2n) is 9.75. The molecule has 0 bridgehead atoms. The number of amides is 1. The van der Waals surface area contributed by atoms with E-state index in [-0.39, 0.29) is 31.0 Å². The number of halogens is 2. The molecule has 8 heteroatoms. The molecule has 2 aromatic carbocycles. The van der Waals surface area contributed by atoms with Crippen LogP contribution in [0.15, 0.2) is 48.7 Å². The Kier molecular flexibility index (Phi) is 6.55. The monoisotopic (exact) mass is 501 g/mol. The van der Waals surface area contributed by atoms with E-state index in [9.17, 15) is 28.4 Å². The van der Waals surface area contributed by atoms with E-state index in [2.05, 4.69) is 11.1 Å². The van der Waals surface area contributed by atoms with Crippen LogP contribution in [0.1, 0.15) is 53.6 Å². The van der Waals surface area contributed by atoms with Gasteiger partial charge < -0.3 is 4.90 Å². The topological polar surface area (TPSA) is 91.1 Å². The summed E-state index contributed by atoms with van der Waals surface area (Å²) in [6.07, 6.45) is 1.85. The first-order chi connectivity index (χ1) is 17.7. The van der Waals surface area contributed by atoms with Crippen molar-refractivity contribution in [2.24, 2.45) is 0 Å². The molecule has 188 valence electrons. The van der Waals surface area contributed by atoms with Gasteiger partial charge in [0.25, 0.3) is 5.92 Å². The molecule has 5 rings (SSSR count). The first kappa shape index (κ1) is 24.7. The number of alkyl halides is 2. The number of likely N-dealkylation sites (tertiary alicyclic amines) is 1. The standard InChI is InChI=1S/C29H25F2N3O3/c30-29(31)10-12-34(22(16-29)17-32)28(37)8-7-27(36)24-9-11-33-26-6-4-21(15-25(24)26)18-1-2-20-14-23(35)5-3-19(20)13-18/h1-2,4,6,9,11,13,15,22H,3,5,7-8,10,12,14,16H2/t22-/m0/s1. The summed E-state index contributed by atoms with van der Waals surface area (Å²) in [6, 6.07) is 14.0. The van der Waals surface area contributed by atoms with Crippen molar-refractivity contribution in [2.75, 3.05) is 6.54 Å². The summed E-state index contributed by atoms with van der Waals surface area (Å²) >= 11 is 0. The molecule has 3 aromatic rings. The van der Waals surface area contributed by atoms with Gasteiger partial charge in [-0.2, -0.15) is 5.26 Å². The Morgan fingerprint density at radius 1 is 1.05 bits per heavy atom. The van der Waals surface area contributed by atoms with Crippen molar-refractivity contribution in [1.82, 2.24) is 9.88 Å². The van der Waals surface area contributed by atoms with Crippen molar-refractivity contribution >= 4 is 28.4 Å². The van der Waals surface area contributed by atoms with Crippen molar-refractivity contribution in [3.63, 3.8) is 0 Å². The first-order valence-electron chi connectivity index (χ1n) is 12.4. The number of hydrogen-bond donors (Lipinski definition) is 0.